The van der Waals surface area contributed by atoms with Crippen LogP contribution in [0, 0.1) is 22.7 Å². The maximum absolute atomic E-state index is 9.83. The van der Waals surface area contributed by atoms with Crippen molar-refractivity contribution in [3.63, 3.8) is 0 Å². The predicted octanol–water partition coefficient (Wildman–Crippen LogP) is 2.41. The summed E-state index contributed by atoms with van der Waals surface area (Å²) in [5.74, 6) is -0.171. The van der Waals surface area contributed by atoms with E-state index in [-0.39, 0.29) is 5.92 Å². The molecule has 0 spiro atoms. The molecule has 1 N–H and O–H groups in total. The molecule has 0 aromatic heterocycles. The Morgan fingerprint density at radius 3 is 2.68 bits per heavy atom. The van der Waals surface area contributed by atoms with Crippen LogP contribution in [0.25, 0.3) is 0 Å². The van der Waals surface area contributed by atoms with E-state index in [1.165, 1.54) is 7.11 Å². The summed E-state index contributed by atoms with van der Waals surface area (Å²) in [6.45, 7) is 7.16. The second kappa shape index (κ2) is 7.44. The van der Waals surface area contributed by atoms with E-state index in [1.807, 2.05) is 19.1 Å². The molecule has 19 heavy (non-hydrogen) atoms. The highest BCUT2D eigenvalue weighted by atomic mass is 16.6. The highest BCUT2D eigenvalue weighted by molar-refractivity contribution is 5.23. The summed E-state index contributed by atoms with van der Waals surface area (Å²) >= 11 is 0. The first-order valence-corrected chi connectivity index (χ1v) is 6.60. The van der Waals surface area contributed by atoms with Gasteiger partial charge >= 0.3 is 0 Å². The van der Waals surface area contributed by atoms with Gasteiger partial charge in [-0.1, -0.05) is 24.3 Å². The maximum atomic E-state index is 9.83. The van der Waals surface area contributed by atoms with Crippen LogP contribution in [-0.2, 0) is 9.47 Å². The fraction of sp³-hybridized carbons (Fsp3) is 0.667. The average Bonchev–Trinajstić information content (AvgIpc) is 2.46. The monoisotopic (exact) mass is 265 g/mol. The van der Waals surface area contributed by atoms with Gasteiger partial charge in [0.25, 0.3) is 0 Å². The lowest BCUT2D eigenvalue weighted by Gasteiger charge is -2.34. The summed E-state index contributed by atoms with van der Waals surface area (Å²) in [7, 11) is 1.47. The second-order valence-corrected chi connectivity index (χ2v) is 4.93. The number of ether oxygens (including phenoxy) is 2. The lowest BCUT2D eigenvalue weighted by molar-refractivity contribution is -0.101. The Balaban J connectivity index is 2.77. The Morgan fingerprint density at radius 2 is 2.21 bits per heavy atom. The third kappa shape index (κ3) is 3.90. The van der Waals surface area contributed by atoms with Gasteiger partial charge in [-0.05, 0) is 26.2 Å². The number of hydrogen-bond donors (Lipinski definition) is 1. The molecule has 0 unspecified atom stereocenters. The van der Waals surface area contributed by atoms with Crippen molar-refractivity contribution in [3.8, 4) is 6.07 Å². The molecular weight excluding hydrogens is 242 g/mol. The molecule has 1 rings (SSSR count). The van der Waals surface area contributed by atoms with Gasteiger partial charge in [-0.3, -0.25) is 0 Å². The Hall–Kier alpha value is -1.15. The van der Waals surface area contributed by atoms with E-state index in [0.29, 0.717) is 32.5 Å². The summed E-state index contributed by atoms with van der Waals surface area (Å²) in [4.78, 5) is 0. The molecule has 4 heteroatoms. The molecule has 106 valence electrons. The number of hydrogen-bond acceptors (Lipinski definition) is 4. The Morgan fingerprint density at radius 1 is 1.58 bits per heavy atom. The zero-order chi connectivity index (χ0) is 14.3. The smallest absolute Gasteiger partial charge is 0.160 e. The van der Waals surface area contributed by atoms with Gasteiger partial charge in [0.05, 0.1) is 11.5 Å². The van der Waals surface area contributed by atoms with Gasteiger partial charge in [0.1, 0.15) is 0 Å². The number of methoxy groups -OCH3 is 1. The minimum Gasteiger partial charge on any atom is -0.381 e. The van der Waals surface area contributed by atoms with E-state index >= 15 is 0 Å². The summed E-state index contributed by atoms with van der Waals surface area (Å²) in [5, 5.41) is 19.3. The minimum atomic E-state index is -0.872. The van der Waals surface area contributed by atoms with Crippen LogP contribution in [-0.4, -0.2) is 31.7 Å². The fourth-order valence-corrected chi connectivity index (χ4v) is 2.43. The van der Waals surface area contributed by atoms with E-state index in [2.05, 4.69) is 12.6 Å². The van der Waals surface area contributed by atoms with Crippen molar-refractivity contribution < 1.29 is 14.6 Å². The van der Waals surface area contributed by atoms with E-state index in [4.69, 9.17) is 9.47 Å². The van der Waals surface area contributed by atoms with Crippen LogP contribution in [0.15, 0.2) is 24.3 Å². The van der Waals surface area contributed by atoms with Crippen LogP contribution in [0.3, 0.4) is 0 Å². The van der Waals surface area contributed by atoms with Crippen molar-refractivity contribution in [2.75, 3.05) is 20.3 Å². The third-order valence-corrected chi connectivity index (χ3v) is 3.77. The molecule has 0 radical (unpaired) electrons. The van der Waals surface area contributed by atoms with Gasteiger partial charge in [0, 0.05) is 26.2 Å². The van der Waals surface area contributed by atoms with Crippen LogP contribution in [0.4, 0.5) is 0 Å². The van der Waals surface area contributed by atoms with Gasteiger partial charge < -0.3 is 14.6 Å². The van der Waals surface area contributed by atoms with Crippen LogP contribution < -0.4 is 0 Å². The maximum Gasteiger partial charge on any atom is 0.160 e. The molecule has 0 amide bonds. The summed E-state index contributed by atoms with van der Waals surface area (Å²) in [5.41, 5.74) is 0.337. The van der Waals surface area contributed by atoms with Gasteiger partial charge in [-0.15, -0.1) is 0 Å². The number of allylic oxidation sites excluding steroid dienone is 2. The van der Waals surface area contributed by atoms with Gasteiger partial charge in [-0.2, -0.15) is 5.26 Å². The molecule has 1 aliphatic rings. The molecule has 0 aromatic rings. The third-order valence-electron chi connectivity index (χ3n) is 3.77. The Labute approximate surface area is 115 Å². The molecule has 1 aliphatic heterocycles. The molecule has 1 fully saturated rings. The van der Waals surface area contributed by atoms with E-state index in [9.17, 15) is 10.4 Å². The standard InChI is InChI=1S/C15H23NO3/c1-4-5-13(14(17)18-3)10-12(2)15(11-16)6-8-19-9-7-15/h4-5,13-14,17H,2,6-10H2,1,3H3/b5-4-/t13-,14+/m0/s1. The molecule has 1 heterocycles. The molecule has 0 aliphatic carbocycles. The molecular formula is C15H23NO3. The van der Waals surface area contributed by atoms with Gasteiger partial charge in [-0.25, -0.2) is 0 Å². The quantitative estimate of drug-likeness (QED) is 0.591. The van der Waals surface area contributed by atoms with Crippen molar-refractivity contribution >= 4 is 0 Å². The lowest BCUT2D eigenvalue weighted by Crippen LogP contribution is -2.32. The van der Waals surface area contributed by atoms with E-state index < -0.39 is 11.7 Å². The zero-order valence-electron chi connectivity index (χ0n) is 11.8. The Kier molecular flexibility index (Phi) is 6.23. The molecule has 0 aromatic carbocycles. The molecule has 0 saturated carbocycles. The summed E-state index contributed by atoms with van der Waals surface area (Å²) < 4.78 is 10.3. The number of aliphatic hydroxyl groups excluding tert-OH is 1. The first-order chi connectivity index (χ1) is 9.09. The van der Waals surface area contributed by atoms with E-state index in [0.717, 1.165) is 5.57 Å². The number of rotatable bonds is 6. The summed E-state index contributed by atoms with van der Waals surface area (Å²) in [6.07, 6.45) is 4.80. The van der Waals surface area contributed by atoms with Crippen molar-refractivity contribution in [1.82, 2.24) is 0 Å². The highest BCUT2D eigenvalue weighted by Crippen LogP contribution is 2.40. The summed E-state index contributed by atoms with van der Waals surface area (Å²) in [6, 6.07) is 2.40. The molecule has 2 atom stereocenters. The molecule has 1 saturated heterocycles. The number of aliphatic hydroxyl groups is 1. The number of nitrogens with zero attached hydrogens (tertiary/aromatic N) is 1. The molecule has 4 nitrogen and oxygen atoms in total. The van der Waals surface area contributed by atoms with Gasteiger partial charge in [0.15, 0.2) is 6.29 Å². The SMILES string of the molecule is C=C(C[C@H](/C=C\C)[C@H](O)OC)C1(C#N)CCOCC1. The largest absolute Gasteiger partial charge is 0.381 e. The highest BCUT2D eigenvalue weighted by Gasteiger charge is 2.36. The minimum absolute atomic E-state index is 0.171. The van der Waals surface area contributed by atoms with Crippen molar-refractivity contribution in [2.24, 2.45) is 11.3 Å². The van der Waals surface area contributed by atoms with Gasteiger partial charge in [0.2, 0.25) is 0 Å². The van der Waals surface area contributed by atoms with Crippen LogP contribution in [0.2, 0.25) is 0 Å². The topological polar surface area (TPSA) is 62.5 Å². The predicted molar refractivity (Wildman–Crippen MR) is 73.2 cm³/mol. The van der Waals surface area contributed by atoms with Crippen molar-refractivity contribution in [2.45, 2.75) is 32.5 Å². The van der Waals surface area contributed by atoms with Crippen LogP contribution >= 0.6 is 0 Å². The van der Waals surface area contributed by atoms with Crippen LogP contribution in [0.5, 0.6) is 0 Å². The van der Waals surface area contributed by atoms with Crippen LogP contribution in [0.1, 0.15) is 26.2 Å². The Bertz CT molecular complexity index is 364. The second-order valence-electron chi connectivity index (χ2n) is 4.93. The zero-order valence-corrected chi connectivity index (χ0v) is 11.8. The van der Waals surface area contributed by atoms with Crippen molar-refractivity contribution in [1.29, 1.82) is 5.26 Å². The first kappa shape index (κ1) is 15.9. The first-order valence-electron chi connectivity index (χ1n) is 6.60. The normalized spacial score (nSPS) is 21.8. The number of nitriles is 1. The fourth-order valence-electron chi connectivity index (χ4n) is 2.43. The lowest BCUT2D eigenvalue weighted by atomic mass is 9.72. The average molecular weight is 265 g/mol. The van der Waals surface area contributed by atoms with Crippen molar-refractivity contribution in [3.05, 3.63) is 24.3 Å². The molecule has 0 bridgehead atoms. The van der Waals surface area contributed by atoms with E-state index in [1.54, 1.807) is 0 Å².